The molecule has 108 valence electrons. The third-order valence-electron chi connectivity index (χ3n) is 3.04. The molecule has 0 saturated carbocycles. The van der Waals surface area contributed by atoms with Crippen molar-refractivity contribution in [1.82, 2.24) is 10.2 Å². The van der Waals surface area contributed by atoms with Crippen LogP contribution in [-0.2, 0) is 9.53 Å². The lowest BCUT2D eigenvalue weighted by atomic mass is 10.1. The average Bonchev–Trinajstić information content (AvgIpc) is 2.35. The first kappa shape index (κ1) is 15.5. The number of nitrogens with zero attached hydrogens (tertiary/aromatic N) is 1. The molecular formula is C14H24N2O3. The molecule has 0 unspecified atom stereocenters. The summed E-state index contributed by atoms with van der Waals surface area (Å²) in [6.45, 7) is 9.13. The first-order valence-corrected chi connectivity index (χ1v) is 6.79. The van der Waals surface area contributed by atoms with Crippen molar-refractivity contribution in [1.29, 1.82) is 0 Å². The lowest BCUT2D eigenvalue weighted by molar-refractivity contribution is -0.151. The Morgan fingerprint density at radius 3 is 2.63 bits per heavy atom. The monoisotopic (exact) mass is 268 g/mol. The Labute approximate surface area is 115 Å². The molecule has 0 aromatic heterocycles. The number of rotatable bonds is 4. The van der Waals surface area contributed by atoms with E-state index in [4.69, 9.17) is 4.74 Å². The maximum Gasteiger partial charge on any atom is 0.317 e. The molecule has 1 N–H and O–H groups in total. The van der Waals surface area contributed by atoms with E-state index in [0.29, 0.717) is 13.1 Å². The Morgan fingerprint density at radius 2 is 2.11 bits per heavy atom. The second-order valence-electron chi connectivity index (χ2n) is 5.32. The minimum Gasteiger partial charge on any atom is -0.463 e. The van der Waals surface area contributed by atoms with E-state index in [1.54, 1.807) is 11.8 Å². The van der Waals surface area contributed by atoms with Crippen molar-refractivity contribution in [2.24, 2.45) is 5.92 Å². The van der Waals surface area contributed by atoms with Gasteiger partial charge in [-0.3, -0.25) is 4.79 Å². The van der Waals surface area contributed by atoms with Crippen LogP contribution in [0.3, 0.4) is 0 Å². The minimum absolute atomic E-state index is 0.118. The summed E-state index contributed by atoms with van der Waals surface area (Å²) >= 11 is 0. The number of nitrogens with one attached hydrogen (secondary N) is 1. The number of hydrogen-bond donors (Lipinski definition) is 1. The molecule has 1 aliphatic rings. The van der Waals surface area contributed by atoms with Crippen LogP contribution in [-0.4, -0.2) is 42.6 Å². The van der Waals surface area contributed by atoms with Crippen LogP contribution in [0.4, 0.5) is 4.79 Å². The number of esters is 1. The van der Waals surface area contributed by atoms with Crippen molar-refractivity contribution in [2.75, 3.05) is 19.6 Å². The van der Waals surface area contributed by atoms with Gasteiger partial charge in [-0.2, -0.15) is 0 Å². The summed E-state index contributed by atoms with van der Waals surface area (Å²) in [6.07, 6.45) is 2.85. The molecule has 0 fully saturated rings. The van der Waals surface area contributed by atoms with Gasteiger partial charge in [0.15, 0.2) is 0 Å². The van der Waals surface area contributed by atoms with Crippen molar-refractivity contribution in [3.8, 4) is 0 Å². The molecule has 0 spiro atoms. The first-order chi connectivity index (χ1) is 8.90. The van der Waals surface area contributed by atoms with Crippen LogP contribution in [0, 0.1) is 5.92 Å². The number of carbonyl (C=O) groups excluding carboxylic acids is 2. The number of amides is 2. The van der Waals surface area contributed by atoms with E-state index in [1.807, 2.05) is 13.8 Å². The summed E-state index contributed by atoms with van der Waals surface area (Å²) in [6, 6.07) is -0.118. The molecule has 0 aromatic carbocycles. The number of ether oxygens (including phenoxy) is 1. The number of carbonyl (C=O) groups is 2. The predicted molar refractivity (Wildman–Crippen MR) is 73.7 cm³/mol. The topological polar surface area (TPSA) is 58.6 Å². The van der Waals surface area contributed by atoms with Crippen molar-refractivity contribution >= 4 is 12.0 Å². The van der Waals surface area contributed by atoms with Gasteiger partial charge < -0.3 is 15.0 Å². The van der Waals surface area contributed by atoms with Gasteiger partial charge in [0, 0.05) is 19.6 Å². The number of urea groups is 1. The smallest absolute Gasteiger partial charge is 0.317 e. The van der Waals surface area contributed by atoms with E-state index < -0.39 is 0 Å². The summed E-state index contributed by atoms with van der Waals surface area (Å²) in [5.41, 5.74) is 1.32. The van der Waals surface area contributed by atoms with Crippen LogP contribution in [0.1, 0.15) is 34.1 Å². The third-order valence-corrected chi connectivity index (χ3v) is 3.04. The fourth-order valence-electron chi connectivity index (χ4n) is 1.74. The molecule has 0 aliphatic carbocycles. The van der Waals surface area contributed by atoms with E-state index in [-0.39, 0.29) is 24.0 Å². The minimum atomic E-state index is -0.326. The van der Waals surface area contributed by atoms with E-state index in [0.717, 1.165) is 13.0 Å². The highest BCUT2D eigenvalue weighted by Gasteiger charge is 2.19. The molecule has 1 rings (SSSR count). The summed E-state index contributed by atoms with van der Waals surface area (Å²) in [4.78, 5) is 25.2. The molecule has 5 heteroatoms. The van der Waals surface area contributed by atoms with Gasteiger partial charge in [-0.1, -0.05) is 18.6 Å². The third kappa shape index (κ3) is 5.32. The van der Waals surface area contributed by atoms with E-state index >= 15 is 0 Å². The van der Waals surface area contributed by atoms with Gasteiger partial charge in [-0.25, -0.2) is 4.79 Å². The van der Waals surface area contributed by atoms with Crippen LogP contribution in [0.15, 0.2) is 11.6 Å². The highest BCUT2D eigenvalue weighted by molar-refractivity contribution is 5.77. The van der Waals surface area contributed by atoms with Gasteiger partial charge in [0.05, 0.1) is 12.0 Å². The second kappa shape index (κ2) is 7.16. The van der Waals surface area contributed by atoms with Gasteiger partial charge in [0.2, 0.25) is 0 Å². The van der Waals surface area contributed by atoms with Crippen LogP contribution in [0.5, 0.6) is 0 Å². The molecule has 1 aliphatic heterocycles. The van der Waals surface area contributed by atoms with Crippen molar-refractivity contribution < 1.29 is 14.3 Å². The molecule has 0 saturated heterocycles. The largest absolute Gasteiger partial charge is 0.463 e. The SMILES string of the molecule is CC1=CCN(C(=O)NC[C@H](C)C(=O)OC(C)C)CC1. The van der Waals surface area contributed by atoms with Crippen LogP contribution >= 0.6 is 0 Å². The Kier molecular flexibility index (Phi) is 5.86. The average molecular weight is 268 g/mol. The van der Waals surface area contributed by atoms with Crippen LogP contribution < -0.4 is 5.32 Å². The van der Waals surface area contributed by atoms with E-state index in [9.17, 15) is 9.59 Å². The van der Waals surface area contributed by atoms with E-state index in [2.05, 4.69) is 18.3 Å². The van der Waals surface area contributed by atoms with Crippen molar-refractivity contribution in [3.05, 3.63) is 11.6 Å². The molecule has 5 nitrogen and oxygen atoms in total. The highest BCUT2D eigenvalue weighted by Crippen LogP contribution is 2.09. The summed E-state index contributed by atoms with van der Waals surface area (Å²) in [5.74, 6) is -0.599. The molecule has 0 aromatic rings. The summed E-state index contributed by atoms with van der Waals surface area (Å²) in [5, 5.41) is 2.78. The van der Waals surface area contributed by atoms with Gasteiger partial charge in [-0.05, 0) is 27.2 Å². The lowest BCUT2D eigenvalue weighted by Crippen LogP contribution is -2.44. The normalized spacial score (nSPS) is 16.9. The summed E-state index contributed by atoms with van der Waals surface area (Å²) < 4.78 is 5.09. The Bertz CT molecular complexity index is 364. The first-order valence-electron chi connectivity index (χ1n) is 6.79. The van der Waals surface area contributed by atoms with Crippen LogP contribution in [0.25, 0.3) is 0 Å². The molecular weight excluding hydrogens is 244 g/mol. The molecule has 2 amide bonds. The van der Waals surface area contributed by atoms with Gasteiger partial charge in [0.25, 0.3) is 0 Å². The van der Waals surface area contributed by atoms with Gasteiger partial charge in [0.1, 0.15) is 0 Å². The molecule has 1 atom stereocenters. The summed E-state index contributed by atoms with van der Waals surface area (Å²) in [7, 11) is 0. The van der Waals surface area contributed by atoms with Crippen molar-refractivity contribution in [2.45, 2.75) is 40.2 Å². The zero-order valence-corrected chi connectivity index (χ0v) is 12.2. The molecule has 0 radical (unpaired) electrons. The number of hydrogen-bond acceptors (Lipinski definition) is 3. The maximum atomic E-state index is 11.9. The fraction of sp³-hybridized carbons (Fsp3) is 0.714. The molecule has 1 heterocycles. The highest BCUT2D eigenvalue weighted by atomic mass is 16.5. The Hall–Kier alpha value is -1.52. The Balaban J connectivity index is 2.32. The van der Waals surface area contributed by atoms with E-state index in [1.165, 1.54) is 5.57 Å². The maximum absolute atomic E-state index is 11.9. The van der Waals surface area contributed by atoms with Gasteiger partial charge in [-0.15, -0.1) is 0 Å². The Morgan fingerprint density at radius 1 is 1.42 bits per heavy atom. The quantitative estimate of drug-likeness (QED) is 0.626. The fourth-order valence-corrected chi connectivity index (χ4v) is 1.74. The van der Waals surface area contributed by atoms with Crippen molar-refractivity contribution in [3.63, 3.8) is 0 Å². The standard InChI is InChI=1S/C14H24N2O3/c1-10(2)19-13(17)12(4)9-15-14(18)16-7-5-11(3)6-8-16/h5,10,12H,6-9H2,1-4H3,(H,15,18)/t12-/m0/s1. The zero-order valence-electron chi connectivity index (χ0n) is 12.2. The van der Waals surface area contributed by atoms with Crippen LogP contribution in [0.2, 0.25) is 0 Å². The second-order valence-corrected chi connectivity index (χ2v) is 5.32. The predicted octanol–water partition coefficient (Wildman–Crippen LogP) is 1.94. The lowest BCUT2D eigenvalue weighted by Gasteiger charge is -2.26. The van der Waals surface area contributed by atoms with Gasteiger partial charge >= 0.3 is 12.0 Å². The zero-order chi connectivity index (χ0) is 14.4. The molecule has 0 bridgehead atoms. The molecule has 19 heavy (non-hydrogen) atoms.